The fourth-order valence-corrected chi connectivity index (χ4v) is 6.92. The minimum atomic E-state index is -0.380. The van der Waals surface area contributed by atoms with E-state index in [4.69, 9.17) is 4.74 Å². The van der Waals surface area contributed by atoms with Gasteiger partial charge in [0, 0.05) is 24.7 Å². The van der Waals surface area contributed by atoms with Crippen LogP contribution in [-0.2, 0) is 9.53 Å². The number of fused-ring (bicyclic) bond motifs is 3. The van der Waals surface area contributed by atoms with Gasteiger partial charge in [-0.2, -0.15) is 0 Å². The molecule has 6 nitrogen and oxygen atoms in total. The molecule has 2 aromatic carbocycles. The van der Waals surface area contributed by atoms with E-state index in [9.17, 15) is 9.18 Å². The number of rotatable bonds is 8. The summed E-state index contributed by atoms with van der Waals surface area (Å²) in [4.78, 5) is 20.5. The number of halogens is 1. The molecule has 1 amide bonds. The highest BCUT2D eigenvalue weighted by Gasteiger charge is 2.45. The number of nitrogens with zero attached hydrogens (tertiary/aromatic N) is 3. The highest BCUT2D eigenvalue weighted by molar-refractivity contribution is 5.84. The molecule has 6 rings (SSSR count). The van der Waals surface area contributed by atoms with Gasteiger partial charge in [0.25, 0.3) is 0 Å². The molecule has 3 aliphatic rings. The minimum absolute atomic E-state index is 0.0161. The van der Waals surface area contributed by atoms with Crippen molar-refractivity contribution < 1.29 is 13.9 Å². The number of carbonyl (C=O) groups is 1. The molecule has 37 heavy (non-hydrogen) atoms. The minimum Gasteiger partial charge on any atom is -0.379 e. The Hall–Kier alpha value is -2.77. The lowest BCUT2D eigenvalue weighted by Crippen LogP contribution is -2.54. The van der Waals surface area contributed by atoms with Gasteiger partial charge in [-0.15, -0.1) is 0 Å². The lowest BCUT2D eigenvalue weighted by atomic mass is 9.81. The Kier molecular flexibility index (Phi) is 6.53. The number of piperidine rings is 1. The Balaban J connectivity index is 1.17. The molecule has 196 valence electrons. The highest BCUT2D eigenvalue weighted by atomic mass is 19.1. The molecular weight excluding hydrogens is 467 g/mol. The van der Waals surface area contributed by atoms with Crippen LogP contribution in [0, 0.1) is 18.2 Å². The van der Waals surface area contributed by atoms with Crippen molar-refractivity contribution in [2.75, 3.05) is 19.8 Å². The first-order valence-corrected chi connectivity index (χ1v) is 13.8. The second-order valence-electron chi connectivity index (χ2n) is 11.2. The maximum absolute atomic E-state index is 14.4. The van der Waals surface area contributed by atoms with Crippen molar-refractivity contribution in [1.29, 1.82) is 0 Å². The summed E-state index contributed by atoms with van der Waals surface area (Å²) < 4.78 is 22.1. The van der Waals surface area contributed by atoms with Gasteiger partial charge in [-0.05, 0) is 63.1 Å². The van der Waals surface area contributed by atoms with Crippen molar-refractivity contribution in [2.45, 2.75) is 76.5 Å². The third-order valence-corrected chi connectivity index (χ3v) is 9.17. The van der Waals surface area contributed by atoms with Crippen molar-refractivity contribution in [3.05, 3.63) is 65.7 Å². The van der Waals surface area contributed by atoms with Gasteiger partial charge in [-0.3, -0.25) is 9.69 Å². The number of para-hydroxylation sites is 1. The molecule has 2 bridgehead atoms. The molecule has 0 aliphatic carbocycles. The molecular formula is C30H37FN4O2. The van der Waals surface area contributed by atoms with Crippen molar-refractivity contribution in [3.63, 3.8) is 0 Å². The molecule has 4 atom stereocenters. The number of amides is 1. The summed E-state index contributed by atoms with van der Waals surface area (Å²) in [7, 11) is 0. The second kappa shape index (κ2) is 9.84. The molecule has 1 N–H and O–H groups in total. The Morgan fingerprint density at radius 2 is 1.84 bits per heavy atom. The monoisotopic (exact) mass is 504 g/mol. The van der Waals surface area contributed by atoms with E-state index in [2.05, 4.69) is 38.8 Å². The third-order valence-electron chi connectivity index (χ3n) is 9.17. The SMILES string of the molecule is CCC1(C(=O)N[C@@H](CCN2[C@@H]3CC[C@H]2C[C@H](n2c(C)nc4c(F)cccc42)C3)c2ccccc2)COC1. The Morgan fingerprint density at radius 1 is 1.11 bits per heavy atom. The standard InChI is InChI=1S/C30H37FN4O2/c1-3-30(18-37-19-30)29(36)33-26(21-8-5-4-6-9-21)14-15-34-22-12-13-23(34)17-24(16-22)35-20(2)32-28-25(31)10-7-11-27(28)35/h4-11,22-24,26H,3,12-19H2,1-2H3,(H,33,36)/t22-,23+,24-,26-/m0/s1. The fourth-order valence-electron chi connectivity index (χ4n) is 6.92. The van der Waals surface area contributed by atoms with Gasteiger partial charge in [0.05, 0.1) is 30.2 Å². The van der Waals surface area contributed by atoms with Crippen LogP contribution in [0.25, 0.3) is 11.0 Å². The van der Waals surface area contributed by atoms with Crippen LogP contribution >= 0.6 is 0 Å². The van der Waals surface area contributed by atoms with E-state index >= 15 is 0 Å². The lowest BCUT2D eigenvalue weighted by Gasteiger charge is -2.42. The molecule has 0 saturated carbocycles. The molecule has 3 fully saturated rings. The number of ether oxygens (including phenoxy) is 1. The van der Waals surface area contributed by atoms with Gasteiger partial charge >= 0.3 is 0 Å². The van der Waals surface area contributed by atoms with Crippen LogP contribution in [-0.4, -0.2) is 52.2 Å². The van der Waals surface area contributed by atoms with Crippen LogP contribution in [0.2, 0.25) is 0 Å². The van der Waals surface area contributed by atoms with Crippen molar-refractivity contribution in [2.24, 2.45) is 5.41 Å². The van der Waals surface area contributed by atoms with E-state index in [0.717, 1.165) is 49.1 Å². The van der Waals surface area contributed by atoms with Gasteiger partial charge in [-0.25, -0.2) is 9.37 Å². The number of nitrogens with one attached hydrogen (secondary N) is 1. The summed E-state index contributed by atoms with van der Waals surface area (Å²) in [6.45, 7) is 6.05. The largest absolute Gasteiger partial charge is 0.379 e. The average molecular weight is 505 g/mol. The van der Waals surface area contributed by atoms with E-state index in [1.54, 1.807) is 6.07 Å². The van der Waals surface area contributed by atoms with E-state index in [0.29, 0.717) is 36.9 Å². The molecule has 0 unspecified atom stereocenters. The molecule has 1 aromatic heterocycles. The molecule has 4 heterocycles. The molecule has 3 aromatic rings. The fraction of sp³-hybridized carbons (Fsp3) is 0.533. The summed E-state index contributed by atoms with van der Waals surface area (Å²) in [6.07, 6.45) is 6.17. The topological polar surface area (TPSA) is 59.4 Å². The van der Waals surface area contributed by atoms with Crippen LogP contribution < -0.4 is 5.32 Å². The van der Waals surface area contributed by atoms with E-state index in [1.807, 2.05) is 31.2 Å². The number of imidazole rings is 1. The number of hydrogen-bond donors (Lipinski definition) is 1. The van der Waals surface area contributed by atoms with Crippen LogP contribution in [0.3, 0.4) is 0 Å². The Bertz CT molecular complexity index is 1250. The molecule has 3 saturated heterocycles. The normalized spacial score (nSPS) is 25.6. The lowest BCUT2D eigenvalue weighted by molar-refractivity contribution is -0.163. The van der Waals surface area contributed by atoms with Crippen molar-refractivity contribution >= 4 is 16.9 Å². The molecule has 0 radical (unpaired) electrons. The first kappa shape index (κ1) is 24.6. The second-order valence-corrected chi connectivity index (χ2v) is 11.2. The van der Waals surface area contributed by atoms with Crippen LogP contribution in [0.15, 0.2) is 48.5 Å². The van der Waals surface area contributed by atoms with Crippen molar-refractivity contribution in [1.82, 2.24) is 19.8 Å². The Labute approximate surface area is 218 Å². The quantitative estimate of drug-likeness (QED) is 0.451. The van der Waals surface area contributed by atoms with Gasteiger partial charge in [-0.1, -0.05) is 43.3 Å². The summed E-state index contributed by atoms with van der Waals surface area (Å²) in [6, 6.07) is 17.0. The zero-order chi connectivity index (χ0) is 25.6. The van der Waals surface area contributed by atoms with E-state index in [1.165, 1.54) is 18.9 Å². The Morgan fingerprint density at radius 3 is 2.49 bits per heavy atom. The molecule has 0 spiro atoms. The number of aryl methyl sites for hydroxylation is 1. The summed E-state index contributed by atoms with van der Waals surface area (Å²) in [5.74, 6) is 0.771. The maximum Gasteiger partial charge on any atom is 0.231 e. The predicted octanol–water partition coefficient (Wildman–Crippen LogP) is 5.33. The molecule has 7 heteroatoms. The highest BCUT2D eigenvalue weighted by Crippen LogP contribution is 2.43. The average Bonchev–Trinajstić information content (AvgIpc) is 3.34. The number of aromatic nitrogens is 2. The van der Waals surface area contributed by atoms with Crippen molar-refractivity contribution in [3.8, 4) is 0 Å². The first-order chi connectivity index (χ1) is 18.0. The first-order valence-electron chi connectivity index (χ1n) is 13.8. The zero-order valence-electron chi connectivity index (χ0n) is 21.8. The summed E-state index contributed by atoms with van der Waals surface area (Å²) >= 11 is 0. The summed E-state index contributed by atoms with van der Waals surface area (Å²) in [5.41, 5.74) is 2.17. The maximum atomic E-state index is 14.4. The van der Waals surface area contributed by atoms with Crippen LogP contribution in [0.1, 0.15) is 68.9 Å². The van der Waals surface area contributed by atoms with Gasteiger partial charge in [0.1, 0.15) is 11.3 Å². The smallest absolute Gasteiger partial charge is 0.231 e. The van der Waals surface area contributed by atoms with Gasteiger partial charge in [0.15, 0.2) is 5.82 Å². The van der Waals surface area contributed by atoms with E-state index in [-0.39, 0.29) is 23.2 Å². The van der Waals surface area contributed by atoms with Gasteiger partial charge in [0.2, 0.25) is 5.91 Å². The zero-order valence-corrected chi connectivity index (χ0v) is 21.8. The molecule has 3 aliphatic heterocycles. The number of benzene rings is 2. The van der Waals surface area contributed by atoms with Gasteiger partial charge < -0.3 is 14.6 Å². The number of carbonyl (C=O) groups excluding carboxylic acids is 1. The third kappa shape index (κ3) is 4.36. The van der Waals surface area contributed by atoms with Crippen LogP contribution in [0.5, 0.6) is 0 Å². The number of hydrogen-bond acceptors (Lipinski definition) is 4. The predicted molar refractivity (Wildman–Crippen MR) is 142 cm³/mol. The van der Waals surface area contributed by atoms with E-state index < -0.39 is 0 Å². The van der Waals surface area contributed by atoms with Crippen LogP contribution in [0.4, 0.5) is 4.39 Å². The summed E-state index contributed by atoms with van der Waals surface area (Å²) in [5, 5.41) is 3.39.